The van der Waals surface area contributed by atoms with Gasteiger partial charge in [-0.3, -0.25) is 4.79 Å². The van der Waals surface area contributed by atoms with Gasteiger partial charge in [0.15, 0.2) is 0 Å². The number of carbonyl (C=O) groups excluding carboxylic acids is 1. The molecule has 4 nitrogen and oxygen atoms in total. The van der Waals surface area contributed by atoms with Crippen molar-refractivity contribution in [1.29, 1.82) is 0 Å². The molecule has 2 rings (SSSR count). The predicted octanol–water partition coefficient (Wildman–Crippen LogP) is 2.87. The normalized spacial score (nSPS) is 22.9. The number of hydrogen-bond donors (Lipinski definition) is 2. The Morgan fingerprint density at radius 2 is 1.95 bits per heavy atom. The minimum Gasteiger partial charge on any atom is -0.497 e. The first kappa shape index (κ1) is 16.8. The van der Waals surface area contributed by atoms with Crippen LogP contribution in [-0.2, 0) is 11.3 Å². The molecular weight excluding hydrogens is 276 g/mol. The van der Waals surface area contributed by atoms with Crippen LogP contribution < -0.4 is 15.4 Å². The Kier molecular flexibility index (Phi) is 6.25. The lowest BCUT2D eigenvalue weighted by molar-refractivity contribution is -0.124. The van der Waals surface area contributed by atoms with Crippen LogP contribution in [0.3, 0.4) is 0 Å². The summed E-state index contributed by atoms with van der Waals surface area (Å²) >= 11 is 0. The van der Waals surface area contributed by atoms with Gasteiger partial charge in [-0.2, -0.15) is 0 Å². The lowest BCUT2D eigenvalue weighted by Crippen LogP contribution is -2.48. The number of carbonyl (C=O) groups is 1. The Labute approximate surface area is 133 Å². The van der Waals surface area contributed by atoms with Crippen molar-refractivity contribution in [2.24, 2.45) is 5.92 Å². The Hall–Kier alpha value is -1.55. The molecule has 1 fully saturated rings. The van der Waals surface area contributed by atoms with Crippen molar-refractivity contribution in [3.8, 4) is 5.75 Å². The molecule has 3 atom stereocenters. The van der Waals surface area contributed by atoms with Crippen LogP contribution in [0.2, 0.25) is 0 Å². The predicted molar refractivity (Wildman–Crippen MR) is 88.9 cm³/mol. The van der Waals surface area contributed by atoms with Gasteiger partial charge < -0.3 is 15.4 Å². The van der Waals surface area contributed by atoms with Gasteiger partial charge in [0.2, 0.25) is 5.91 Å². The van der Waals surface area contributed by atoms with Gasteiger partial charge in [-0.25, -0.2) is 0 Å². The van der Waals surface area contributed by atoms with E-state index < -0.39 is 0 Å². The van der Waals surface area contributed by atoms with Crippen LogP contribution in [0, 0.1) is 5.92 Å². The van der Waals surface area contributed by atoms with Crippen LogP contribution >= 0.6 is 0 Å². The summed E-state index contributed by atoms with van der Waals surface area (Å²) in [6.07, 6.45) is 4.85. The largest absolute Gasteiger partial charge is 0.497 e. The molecule has 0 aliphatic heterocycles. The fourth-order valence-electron chi connectivity index (χ4n) is 2.95. The first-order valence-corrected chi connectivity index (χ1v) is 8.27. The van der Waals surface area contributed by atoms with Crippen LogP contribution in [0.1, 0.15) is 45.1 Å². The minimum absolute atomic E-state index is 0.104. The van der Waals surface area contributed by atoms with Crippen LogP contribution in [0.5, 0.6) is 5.75 Å². The monoisotopic (exact) mass is 304 g/mol. The number of methoxy groups -OCH3 is 1. The number of nitrogens with one attached hydrogen (secondary N) is 2. The average Bonchev–Trinajstić information content (AvgIpc) is 2.55. The lowest BCUT2D eigenvalue weighted by Gasteiger charge is -2.30. The molecule has 0 spiro atoms. The molecule has 2 N–H and O–H groups in total. The van der Waals surface area contributed by atoms with E-state index in [1.807, 2.05) is 31.2 Å². The molecule has 1 aromatic carbocycles. The molecule has 0 bridgehead atoms. The van der Waals surface area contributed by atoms with Gasteiger partial charge in [0.05, 0.1) is 13.2 Å². The quantitative estimate of drug-likeness (QED) is 0.849. The number of hydrogen-bond acceptors (Lipinski definition) is 3. The molecule has 1 aliphatic carbocycles. The average molecular weight is 304 g/mol. The highest BCUT2D eigenvalue weighted by molar-refractivity contribution is 5.81. The molecule has 0 aromatic heterocycles. The van der Waals surface area contributed by atoms with Crippen molar-refractivity contribution in [2.75, 3.05) is 7.11 Å². The molecule has 0 radical (unpaired) electrons. The Bertz CT molecular complexity index is 472. The van der Waals surface area contributed by atoms with Crippen LogP contribution in [0.15, 0.2) is 24.3 Å². The van der Waals surface area contributed by atoms with E-state index in [0.717, 1.165) is 17.7 Å². The second-order valence-corrected chi connectivity index (χ2v) is 6.33. The Morgan fingerprint density at radius 1 is 1.27 bits per heavy atom. The van der Waals surface area contributed by atoms with Crippen molar-refractivity contribution in [1.82, 2.24) is 10.6 Å². The van der Waals surface area contributed by atoms with Gasteiger partial charge in [0, 0.05) is 12.6 Å². The molecule has 1 saturated carbocycles. The SMILES string of the molecule is COc1ccc(CN[C@H](C)C(=O)N[C@@H]2CCCC[C@@H]2C)cc1. The third-order valence-corrected chi connectivity index (χ3v) is 4.60. The molecule has 1 aromatic rings. The van der Waals surface area contributed by atoms with Gasteiger partial charge in [0.1, 0.15) is 5.75 Å². The maximum atomic E-state index is 12.3. The van der Waals surface area contributed by atoms with Crippen LogP contribution in [0.25, 0.3) is 0 Å². The Balaban J connectivity index is 1.77. The molecular formula is C18H28N2O2. The summed E-state index contributed by atoms with van der Waals surface area (Å²) < 4.78 is 5.14. The zero-order chi connectivity index (χ0) is 15.9. The van der Waals surface area contributed by atoms with Crippen molar-refractivity contribution in [3.63, 3.8) is 0 Å². The van der Waals surface area contributed by atoms with Crippen molar-refractivity contribution in [2.45, 2.75) is 58.2 Å². The number of amides is 1. The van der Waals surface area contributed by atoms with E-state index in [9.17, 15) is 4.79 Å². The smallest absolute Gasteiger partial charge is 0.237 e. The first-order chi connectivity index (χ1) is 10.6. The summed E-state index contributed by atoms with van der Waals surface area (Å²) in [7, 11) is 1.66. The summed E-state index contributed by atoms with van der Waals surface area (Å²) in [6.45, 7) is 4.84. The van der Waals surface area contributed by atoms with Crippen LogP contribution in [-0.4, -0.2) is 25.1 Å². The summed E-state index contributed by atoms with van der Waals surface area (Å²) in [6, 6.07) is 8.05. The first-order valence-electron chi connectivity index (χ1n) is 8.27. The van der Waals surface area contributed by atoms with Gasteiger partial charge >= 0.3 is 0 Å². The van der Waals surface area contributed by atoms with Crippen molar-refractivity contribution in [3.05, 3.63) is 29.8 Å². The van der Waals surface area contributed by atoms with Crippen LogP contribution in [0.4, 0.5) is 0 Å². The molecule has 0 unspecified atom stereocenters. The topological polar surface area (TPSA) is 50.4 Å². The molecule has 122 valence electrons. The molecule has 0 heterocycles. The van der Waals surface area contributed by atoms with E-state index in [-0.39, 0.29) is 11.9 Å². The fourth-order valence-corrected chi connectivity index (χ4v) is 2.95. The highest BCUT2D eigenvalue weighted by Gasteiger charge is 2.24. The van der Waals surface area contributed by atoms with E-state index in [4.69, 9.17) is 4.74 Å². The van der Waals surface area contributed by atoms with E-state index >= 15 is 0 Å². The summed E-state index contributed by atoms with van der Waals surface area (Å²) in [5.74, 6) is 1.54. The van der Waals surface area contributed by atoms with Crippen molar-refractivity contribution >= 4 is 5.91 Å². The zero-order valence-electron chi connectivity index (χ0n) is 13.9. The molecule has 1 aliphatic rings. The Morgan fingerprint density at radius 3 is 2.59 bits per heavy atom. The van der Waals surface area contributed by atoms with Gasteiger partial charge in [0.25, 0.3) is 0 Å². The maximum absolute atomic E-state index is 12.3. The highest BCUT2D eigenvalue weighted by atomic mass is 16.5. The zero-order valence-corrected chi connectivity index (χ0v) is 13.9. The third kappa shape index (κ3) is 4.73. The fraction of sp³-hybridized carbons (Fsp3) is 0.611. The van der Waals surface area contributed by atoms with Gasteiger partial charge in [-0.05, 0) is 43.4 Å². The van der Waals surface area contributed by atoms with E-state index in [2.05, 4.69) is 17.6 Å². The number of rotatable bonds is 6. The molecule has 4 heteroatoms. The third-order valence-electron chi connectivity index (χ3n) is 4.60. The molecule has 22 heavy (non-hydrogen) atoms. The summed E-state index contributed by atoms with van der Waals surface area (Å²) in [4.78, 5) is 12.3. The second kappa shape index (κ2) is 8.18. The minimum atomic E-state index is -0.184. The highest BCUT2D eigenvalue weighted by Crippen LogP contribution is 2.23. The van der Waals surface area contributed by atoms with E-state index in [1.165, 1.54) is 19.3 Å². The van der Waals surface area contributed by atoms with E-state index in [1.54, 1.807) is 7.11 Å². The number of ether oxygens (including phenoxy) is 1. The maximum Gasteiger partial charge on any atom is 0.237 e. The lowest BCUT2D eigenvalue weighted by atomic mass is 9.86. The standard InChI is InChI=1S/C18H28N2O2/c1-13-6-4-5-7-17(13)20-18(21)14(2)19-12-15-8-10-16(22-3)11-9-15/h8-11,13-14,17,19H,4-7,12H2,1-3H3,(H,20,21)/t13-,14+,17+/m0/s1. The summed E-state index contributed by atoms with van der Waals surface area (Å²) in [5, 5.41) is 6.49. The number of benzene rings is 1. The van der Waals surface area contributed by atoms with Crippen molar-refractivity contribution < 1.29 is 9.53 Å². The summed E-state index contributed by atoms with van der Waals surface area (Å²) in [5.41, 5.74) is 1.14. The molecule has 1 amide bonds. The molecule has 0 saturated heterocycles. The van der Waals surface area contributed by atoms with E-state index in [0.29, 0.717) is 18.5 Å². The second-order valence-electron chi connectivity index (χ2n) is 6.33. The van der Waals surface area contributed by atoms with Gasteiger partial charge in [-0.1, -0.05) is 31.9 Å². The van der Waals surface area contributed by atoms with Gasteiger partial charge in [-0.15, -0.1) is 0 Å².